The summed E-state index contributed by atoms with van der Waals surface area (Å²) in [7, 11) is -3.04. The molecular weight excluding hydrogens is 562 g/mol. The van der Waals surface area contributed by atoms with Crippen LogP contribution in [0.1, 0.15) is 93.7 Å². The summed E-state index contributed by atoms with van der Waals surface area (Å²) < 4.78 is 37.8. The number of hydrogen-bond donors (Lipinski definition) is 2. The minimum Gasteiger partial charge on any atom is -0.399 e. The molecule has 1 amide bonds. The molecule has 3 aliphatic carbocycles. The summed E-state index contributed by atoms with van der Waals surface area (Å²) in [6.45, 7) is 10.3. The maximum atomic E-state index is 12.9. The second-order valence-corrected chi connectivity index (χ2v) is 15.4. The molecule has 3 unspecified atom stereocenters. The van der Waals surface area contributed by atoms with Gasteiger partial charge in [0.05, 0.1) is 5.71 Å². The van der Waals surface area contributed by atoms with E-state index in [1.54, 1.807) is 13.3 Å². The van der Waals surface area contributed by atoms with Crippen molar-refractivity contribution in [1.82, 2.24) is 4.98 Å². The molecule has 11 heteroatoms. The molecule has 1 aromatic carbocycles. The number of oxime groups is 1. The largest absolute Gasteiger partial charge is 0.446 e. The second kappa shape index (κ2) is 11.0. The van der Waals surface area contributed by atoms with Crippen LogP contribution in [0.4, 0.5) is 5.13 Å². The first-order chi connectivity index (χ1) is 19.2. The highest BCUT2D eigenvalue weighted by atomic mass is 32.3. The average Bonchev–Trinajstić information content (AvgIpc) is 3.40. The number of aromatic nitrogens is 1. The van der Waals surface area contributed by atoms with Gasteiger partial charge in [-0.3, -0.25) is 9.35 Å². The van der Waals surface area contributed by atoms with E-state index in [4.69, 9.17) is 9.02 Å². The molecule has 1 aromatic heterocycles. The fraction of sp³-hybridized carbons (Fsp3) is 0.633. The zero-order valence-corrected chi connectivity index (χ0v) is 26.3. The van der Waals surface area contributed by atoms with Crippen molar-refractivity contribution >= 4 is 38.5 Å². The molecule has 2 N–H and O–H groups in total. The third-order valence-electron chi connectivity index (χ3n) is 9.51. The van der Waals surface area contributed by atoms with Crippen LogP contribution in [0.5, 0.6) is 5.75 Å². The molecule has 0 spiro atoms. The Morgan fingerprint density at radius 3 is 2.68 bits per heavy atom. The molecule has 0 radical (unpaired) electrons. The Labute approximate surface area is 247 Å². The highest BCUT2D eigenvalue weighted by molar-refractivity contribution is 7.81. The molecule has 0 aliphatic heterocycles. The number of fused-ring (bicyclic) bond motifs is 5. The summed E-state index contributed by atoms with van der Waals surface area (Å²) in [5.74, 6) is 1.56. The molecule has 2 saturated carbocycles. The minimum atomic E-state index is -4.64. The summed E-state index contributed by atoms with van der Waals surface area (Å²) in [5, 5.41) is 8.11. The number of carbonyl (C=O) groups is 1. The fourth-order valence-electron chi connectivity index (χ4n) is 7.88. The molecule has 5 atom stereocenters. The Hall–Kier alpha value is -2.50. The van der Waals surface area contributed by atoms with Gasteiger partial charge < -0.3 is 14.3 Å². The zero-order chi connectivity index (χ0) is 29.7. The second-order valence-electron chi connectivity index (χ2n) is 13.1. The van der Waals surface area contributed by atoms with Gasteiger partial charge in [0.1, 0.15) is 12.9 Å². The van der Waals surface area contributed by atoms with Crippen LogP contribution >= 0.6 is 11.3 Å². The number of carbonyl (C=O) groups excluding carboxylic acids is 1. The summed E-state index contributed by atoms with van der Waals surface area (Å²) in [4.78, 5) is 23.5. The number of anilines is 1. The van der Waals surface area contributed by atoms with Crippen molar-refractivity contribution in [3.05, 3.63) is 39.9 Å². The SMILES string of the molecule is CO/N=C1\C[C@@H](CCC(=O)Nc2ncc(C)s2)C2C3CCc4cc(OS(=O)(=O)O)c(C(C)(C)C)cc4C3CC[C@]12C. The van der Waals surface area contributed by atoms with Crippen molar-refractivity contribution in [2.75, 3.05) is 12.4 Å². The van der Waals surface area contributed by atoms with Crippen LogP contribution in [-0.2, 0) is 31.9 Å². The summed E-state index contributed by atoms with van der Waals surface area (Å²) in [5.41, 5.74) is 3.72. The van der Waals surface area contributed by atoms with Crippen LogP contribution in [0.15, 0.2) is 23.5 Å². The molecule has 3 aliphatic rings. The van der Waals surface area contributed by atoms with Crippen LogP contribution in [0.2, 0.25) is 0 Å². The van der Waals surface area contributed by atoms with Gasteiger partial charge in [-0.25, -0.2) is 4.98 Å². The van der Waals surface area contributed by atoms with E-state index in [1.807, 2.05) is 33.8 Å². The van der Waals surface area contributed by atoms with Crippen LogP contribution in [0.25, 0.3) is 0 Å². The van der Waals surface area contributed by atoms with Gasteiger partial charge in [0.15, 0.2) is 5.13 Å². The van der Waals surface area contributed by atoms with E-state index in [0.29, 0.717) is 35.2 Å². The molecule has 9 nitrogen and oxygen atoms in total. The monoisotopic (exact) mass is 603 g/mol. The predicted octanol–water partition coefficient (Wildman–Crippen LogP) is 6.43. The maximum absolute atomic E-state index is 12.9. The lowest BCUT2D eigenvalue weighted by Crippen LogP contribution is -2.44. The average molecular weight is 604 g/mol. The quantitative estimate of drug-likeness (QED) is 0.276. The first-order valence-corrected chi connectivity index (χ1v) is 16.5. The van der Waals surface area contributed by atoms with Gasteiger partial charge >= 0.3 is 10.4 Å². The predicted molar refractivity (Wildman–Crippen MR) is 160 cm³/mol. The van der Waals surface area contributed by atoms with Crippen LogP contribution in [-0.4, -0.2) is 36.7 Å². The lowest BCUT2D eigenvalue weighted by atomic mass is 9.53. The topological polar surface area (TPSA) is 127 Å². The van der Waals surface area contributed by atoms with E-state index in [0.717, 1.165) is 60.2 Å². The van der Waals surface area contributed by atoms with E-state index in [2.05, 4.69) is 28.4 Å². The Morgan fingerprint density at radius 2 is 2.05 bits per heavy atom. The fourth-order valence-corrected chi connectivity index (χ4v) is 8.92. The Morgan fingerprint density at radius 1 is 1.29 bits per heavy atom. The normalized spacial score (nSPS) is 28.5. The van der Waals surface area contributed by atoms with Crippen molar-refractivity contribution < 1.29 is 26.8 Å². The Balaban J connectivity index is 1.45. The molecule has 41 heavy (non-hydrogen) atoms. The lowest BCUT2D eigenvalue weighted by Gasteiger charge is -2.50. The number of hydrogen-bond acceptors (Lipinski definition) is 8. The van der Waals surface area contributed by atoms with E-state index >= 15 is 0 Å². The lowest BCUT2D eigenvalue weighted by molar-refractivity contribution is -0.116. The van der Waals surface area contributed by atoms with Gasteiger partial charge in [-0.2, -0.15) is 8.42 Å². The van der Waals surface area contributed by atoms with Crippen molar-refractivity contribution in [3.63, 3.8) is 0 Å². The number of thiazole rings is 1. The van der Waals surface area contributed by atoms with Crippen molar-refractivity contribution in [2.24, 2.45) is 28.3 Å². The van der Waals surface area contributed by atoms with E-state index in [1.165, 1.54) is 16.9 Å². The molecule has 0 bridgehead atoms. The first-order valence-electron chi connectivity index (χ1n) is 14.4. The molecular formula is C30H41N3O6S2. The molecule has 5 rings (SSSR count). The first kappa shape index (κ1) is 30.0. The van der Waals surface area contributed by atoms with Crippen molar-refractivity contribution in [3.8, 4) is 5.75 Å². The third kappa shape index (κ3) is 6.03. The van der Waals surface area contributed by atoms with Crippen LogP contribution < -0.4 is 9.50 Å². The number of nitrogens with one attached hydrogen (secondary N) is 1. The summed E-state index contributed by atoms with van der Waals surface area (Å²) in [6.07, 6.45) is 7.49. The molecule has 224 valence electrons. The van der Waals surface area contributed by atoms with E-state index in [9.17, 15) is 17.8 Å². The summed E-state index contributed by atoms with van der Waals surface area (Å²) in [6, 6.07) is 3.94. The van der Waals surface area contributed by atoms with Crippen molar-refractivity contribution in [1.29, 1.82) is 0 Å². The molecule has 0 saturated heterocycles. The number of aryl methyl sites for hydroxylation is 2. The minimum absolute atomic E-state index is 0.0132. The Kier molecular flexibility index (Phi) is 8.02. The molecule has 2 aromatic rings. The number of amides is 1. The third-order valence-corrected chi connectivity index (χ3v) is 10.7. The van der Waals surface area contributed by atoms with Gasteiger partial charge in [0.2, 0.25) is 5.91 Å². The van der Waals surface area contributed by atoms with E-state index < -0.39 is 10.4 Å². The zero-order valence-electron chi connectivity index (χ0n) is 24.7. The highest BCUT2D eigenvalue weighted by Gasteiger charge is 2.57. The van der Waals surface area contributed by atoms with Crippen LogP contribution in [0, 0.1) is 30.1 Å². The molecule has 2 fully saturated rings. The standard InChI is InChI=1S/C30H41N3O6S2/c1-17-16-31-28(40-17)32-26(34)10-8-19-14-25(33-38-6)30(5)12-11-20-21(27(19)30)9-7-18-13-24(39-41(35,36)37)23(15-22(18)20)29(2,3)4/h13,15-16,19-21,27H,7-12,14H2,1-6H3,(H,31,32,34)(H,35,36,37)/b33-25+/t19-,20?,21?,27?,30-/m1/s1. The number of rotatable bonds is 7. The van der Waals surface area contributed by atoms with Crippen molar-refractivity contribution in [2.45, 2.75) is 90.9 Å². The number of nitrogens with zero attached hydrogens (tertiary/aromatic N) is 2. The maximum Gasteiger partial charge on any atom is 0.446 e. The van der Waals surface area contributed by atoms with Gasteiger partial charge in [-0.05, 0) is 91.7 Å². The summed E-state index contributed by atoms with van der Waals surface area (Å²) >= 11 is 1.48. The number of benzene rings is 1. The van der Waals surface area contributed by atoms with Gasteiger partial charge in [0.25, 0.3) is 0 Å². The van der Waals surface area contributed by atoms with Gasteiger partial charge in [-0.15, -0.1) is 11.3 Å². The van der Waals surface area contributed by atoms with E-state index in [-0.39, 0.29) is 22.5 Å². The molecule has 1 heterocycles. The van der Waals surface area contributed by atoms with Gasteiger partial charge in [-0.1, -0.05) is 38.9 Å². The van der Waals surface area contributed by atoms with Crippen LogP contribution in [0.3, 0.4) is 0 Å². The highest BCUT2D eigenvalue weighted by Crippen LogP contribution is 2.63. The van der Waals surface area contributed by atoms with Gasteiger partial charge in [0, 0.05) is 28.5 Å². The Bertz CT molecular complexity index is 1460. The smallest absolute Gasteiger partial charge is 0.399 e.